The molecule has 19 nitrogen and oxygen atoms in total. The SMILES string of the molecule is CCC(=O)C(CCSSCCCC(=O)Nc1cc(COc2cc3c(cc2C)C(=O)N2c4ccccc4C[C@H]2C(S(=O)(=O)OC)C3)cc(COc2cc3c(cc2OC)C(=O)N2c4ccccc4C[C@H]2C(CS(=O)(=O)O)C3)c1)S(=O)(=O)OC. The Morgan fingerprint density at radius 1 is 0.691 bits per heavy atom. The van der Waals surface area contributed by atoms with Crippen LogP contribution in [0.4, 0.5) is 17.1 Å². The van der Waals surface area contributed by atoms with Crippen LogP contribution in [-0.2, 0) is 87.2 Å². The van der Waals surface area contributed by atoms with Gasteiger partial charge in [0.15, 0.2) is 17.3 Å². The van der Waals surface area contributed by atoms with Crippen LogP contribution in [0.5, 0.6) is 17.2 Å². The zero-order valence-electron chi connectivity index (χ0n) is 45.2. The van der Waals surface area contributed by atoms with Crippen LogP contribution in [-0.4, -0.2) is 114 Å². The van der Waals surface area contributed by atoms with Crippen LogP contribution >= 0.6 is 21.6 Å². The molecule has 5 aromatic carbocycles. The highest BCUT2D eigenvalue weighted by Crippen LogP contribution is 2.44. The molecule has 2 N–H and O–H groups in total. The van der Waals surface area contributed by atoms with Gasteiger partial charge in [-0.15, -0.1) is 0 Å². The zero-order valence-corrected chi connectivity index (χ0v) is 49.3. The summed E-state index contributed by atoms with van der Waals surface area (Å²) in [6, 6.07) is 25.5. The molecule has 0 saturated carbocycles. The van der Waals surface area contributed by atoms with E-state index in [9.17, 15) is 49.0 Å². The number of aryl methyl sites for hydroxylation is 1. The summed E-state index contributed by atoms with van der Waals surface area (Å²) in [7, 11) is -6.16. The number of Topliss-reactive ketones (excluding diaryl/α,β-unsaturated/α-hetero) is 1. The molecule has 3 amide bonds. The summed E-state index contributed by atoms with van der Waals surface area (Å²) in [4.78, 5) is 58.0. The molecule has 0 fully saturated rings. The Morgan fingerprint density at radius 3 is 1.89 bits per heavy atom. The Kier molecular flexibility index (Phi) is 18.3. The zero-order chi connectivity index (χ0) is 58.0. The van der Waals surface area contributed by atoms with Crippen molar-refractivity contribution >= 4 is 92.5 Å². The summed E-state index contributed by atoms with van der Waals surface area (Å²) in [5.41, 5.74) is 6.93. The second kappa shape index (κ2) is 24.8. The number of hydrogen-bond acceptors (Lipinski definition) is 17. The standard InChI is InChI=1S/C57H63N3O16S5/c1-6-49(61)53(80(68,69)73-4)17-19-78-77-18-11-16-55(62)58-42-22-35(31-75-50-27-40-29-54(81(70,71)74-5)48-26-38-13-8-10-15-46(38)60(48)56(63)43(40)20-34(50)2)21-36(23-42)32-76-52-28-39-24-41(33-79(65,66)67)47-25-37-12-7-9-14-45(37)59(47)57(64)44(39)30-51(52)72-3/h7-10,12-15,20-23,27-28,30,41,47-48,53-54H,6,11,16-19,24-26,29,31-33H2,1-5H3,(H,58,62)(H,65,66,67)/t41?,47-,48-,53?,54?/m0/s1. The maximum atomic E-state index is 14.5. The monoisotopic (exact) mass is 1210 g/mol. The topological polar surface area (TPSA) is 256 Å². The number of carbonyl (C=O) groups is 4. The normalized spacial score (nSPS) is 18.8. The molecule has 432 valence electrons. The predicted octanol–water partition coefficient (Wildman–Crippen LogP) is 8.08. The summed E-state index contributed by atoms with van der Waals surface area (Å²) in [5.74, 6) is -0.806. The molecule has 3 unspecified atom stereocenters. The summed E-state index contributed by atoms with van der Waals surface area (Å²) >= 11 is 0. The number of nitrogens with one attached hydrogen (secondary N) is 1. The largest absolute Gasteiger partial charge is 0.493 e. The van der Waals surface area contributed by atoms with E-state index in [2.05, 4.69) is 9.50 Å². The summed E-state index contributed by atoms with van der Waals surface area (Å²) in [5, 5.41) is 0.661. The first-order chi connectivity index (χ1) is 38.6. The van der Waals surface area contributed by atoms with Crippen LogP contribution in [0, 0.1) is 12.8 Å². The van der Waals surface area contributed by atoms with Crippen LogP contribution in [0.1, 0.15) is 92.3 Å². The van der Waals surface area contributed by atoms with Gasteiger partial charge in [0.05, 0.1) is 33.1 Å². The lowest BCUT2D eigenvalue weighted by molar-refractivity contribution is -0.118. The number of amides is 3. The number of methoxy groups -OCH3 is 1. The molecule has 0 spiro atoms. The number of rotatable bonds is 24. The van der Waals surface area contributed by atoms with E-state index in [1.807, 2.05) is 54.6 Å². The molecule has 4 heterocycles. The molecule has 9 rings (SSSR count). The Balaban J connectivity index is 0.958. The lowest BCUT2D eigenvalue weighted by Gasteiger charge is -2.28. The lowest BCUT2D eigenvalue weighted by Crippen LogP contribution is -2.47. The number of ether oxygens (including phenoxy) is 3. The number of para-hydroxylation sites is 2. The molecule has 0 bridgehead atoms. The van der Waals surface area contributed by atoms with E-state index in [-0.39, 0.29) is 74.5 Å². The van der Waals surface area contributed by atoms with Gasteiger partial charge in [0.25, 0.3) is 42.2 Å². The number of anilines is 3. The molecule has 0 saturated heterocycles. The van der Waals surface area contributed by atoms with Crippen LogP contribution in [0.15, 0.2) is 91.0 Å². The summed E-state index contributed by atoms with van der Waals surface area (Å²) < 4.78 is 115. The Morgan fingerprint density at radius 2 is 1.27 bits per heavy atom. The van der Waals surface area contributed by atoms with E-state index >= 15 is 0 Å². The summed E-state index contributed by atoms with van der Waals surface area (Å²) in [6.07, 6.45) is 1.63. The molecular weight excluding hydrogens is 1140 g/mol. The highest BCUT2D eigenvalue weighted by molar-refractivity contribution is 8.76. The molecule has 4 aliphatic heterocycles. The highest BCUT2D eigenvalue weighted by atomic mass is 33.1. The van der Waals surface area contributed by atoms with E-state index in [1.54, 1.807) is 60.0 Å². The van der Waals surface area contributed by atoms with Gasteiger partial charge >= 0.3 is 0 Å². The Hall–Kier alpha value is -5.99. The third kappa shape index (κ3) is 13.1. The van der Waals surface area contributed by atoms with Crippen molar-refractivity contribution in [2.75, 3.05) is 53.7 Å². The maximum absolute atomic E-state index is 14.5. The molecule has 5 atom stereocenters. The van der Waals surface area contributed by atoms with Gasteiger partial charge in [-0.25, -0.2) is 0 Å². The van der Waals surface area contributed by atoms with Crippen molar-refractivity contribution in [2.24, 2.45) is 5.92 Å². The smallest absolute Gasteiger partial charge is 0.277 e. The highest BCUT2D eigenvalue weighted by Gasteiger charge is 2.48. The van der Waals surface area contributed by atoms with E-state index < -0.39 is 70.4 Å². The minimum atomic E-state index is -4.45. The quantitative estimate of drug-likeness (QED) is 0.0256. The van der Waals surface area contributed by atoms with Gasteiger partial charge in [-0.05, 0) is 139 Å². The molecule has 24 heteroatoms. The van der Waals surface area contributed by atoms with Gasteiger partial charge in [-0.3, -0.25) is 32.1 Å². The van der Waals surface area contributed by atoms with Crippen LogP contribution < -0.4 is 29.3 Å². The number of ketones is 1. The first kappa shape index (κ1) is 59.6. The van der Waals surface area contributed by atoms with E-state index in [0.717, 1.165) is 25.3 Å². The number of nitrogens with zero attached hydrogens (tertiary/aromatic N) is 2. The Labute approximate surface area is 480 Å². The van der Waals surface area contributed by atoms with E-state index in [1.165, 1.54) is 28.7 Å². The van der Waals surface area contributed by atoms with Crippen LogP contribution in [0.25, 0.3) is 0 Å². The first-order valence-electron chi connectivity index (χ1n) is 26.3. The fourth-order valence-corrected chi connectivity index (χ4v) is 16.9. The van der Waals surface area contributed by atoms with Crippen molar-refractivity contribution in [3.63, 3.8) is 0 Å². The van der Waals surface area contributed by atoms with E-state index in [0.29, 0.717) is 92.5 Å². The molecule has 0 aliphatic carbocycles. The lowest BCUT2D eigenvalue weighted by atomic mass is 9.91. The fourth-order valence-electron chi connectivity index (χ4n) is 11.3. The van der Waals surface area contributed by atoms with Gasteiger partial charge < -0.3 is 29.3 Å². The Bertz CT molecular complexity index is 3610. The molecular formula is C57H63N3O16S5. The van der Waals surface area contributed by atoms with E-state index in [4.69, 9.17) is 18.4 Å². The summed E-state index contributed by atoms with van der Waals surface area (Å²) in [6.45, 7) is 3.27. The van der Waals surface area contributed by atoms with Crippen molar-refractivity contribution < 1.29 is 71.6 Å². The van der Waals surface area contributed by atoms with Crippen molar-refractivity contribution in [2.45, 2.75) is 101 Å². The fraction of sp³-hybridized carbons (Fsp3) is 0.404. The van der Waals surface area contributed by atoms with Gasteiger partial charge in [0, 0.05) is 64.5 Å². The average molecular weight is 1210 g/mol. The molecule has 4 aliphatic rings. The minimum absolute atomic E-state index is 0.0172. The maximum Gasteiger partial charge on any atom is 0.277 e. The second-order valence-corrected chi connectivity index (χ2v) is 28.4. The van der Waals surface area contributed by atoms with Gasteiger partial charge in [-0.1, -0.05) is 64.9 Å². The number of fused-ring (bicyclic) bond motifs is 8. The molecule has 81 heavy (non-hydrogen) atoms. The average Bonchev–Trinajstić information content (AvgIpc) is 3.90. The molecule has 0 aromatic heterocycles. The van der Waals surface area contributed by atoms with Crippen LogP contribution in [0.2, 0.25) is 0 Å². The second-order valence-electron chi connectivity index (χ2n) is 20.4. The van der Waals surface area contributed by atoms with Gasteiger partial charge in [0.2, 0.25) is 5.91 Å². The minimum Gasteiger partial charge on any atom is -0.493 e. The van der Waals surface area contributed by atoms with Crippen LogP contribution in [0.3, 0.4) is 0 Å². The molecule has 5 aromatic rings. The molecule has 0 radical (unpaired) electrons. The predicted molar refractivity (Wildman–Crippen MR) is 310 cm³/mol. The number of hydrogen-bond donors (Lipinski definition) is 2. The van der Waals surface area contributed by atoms with Crippen molar-refractivity contribution in [3.05, 3.63) is 141 Å². The third-order valence-corrected chi connectivity index (χ3v) is 21.9. The van der Waals surface area contributed by atoms with Gasteiger partial charge in [0.1, 0.15) is 29.5 Å². The van der Waals surface area contributed by atoms with Crippen molar-refractivity contribution in [3.8, 4) is 17.2 Å². The number of benzene rings is 5. The van der Waals surface area contributed by atoms with Crippen molar-refractivity contribution in [1.82, 2.24) is 0 Å². The van der Waals surface area contributed by atoms with Gasteiger partial charge in [-0.2, -0.15) is 25.3 Å². The third-order valence-electron chi connectivity index (χ3n) is 15.2. The first-order valence-corrected chi connectivity index (χ1v) is 33.3. The number of carbonyl (C=O) groups excluding carboxylic acids is 4. The van der Waals surface area contributed by atoms with Crippen molar-refractivity contribution in [1.29, 1.82) is 0 Å².